The summed E-state index contributed by atoms with van der Waals surface area (Å²) in [6.07, 6.45) is 0. The minimum absolute atomic E-state index is 0.663. The minimum Gasteiger partial charge on any atom is -0.236 e. The molecule has 1 heterocycles. The van der Waals surface area contributed by atoms with E-state index in [4.69, 9.17) is 0 Å². The summed E-state index contributed by atoms with van der Waals surface area (Å²) in [7, 11) is 0. The molecule has 0 radical (unpaired) electrons. The normalized spacial score (nSPS) is 10.3. The molecule has 0 spiro atoms. The van der Waals surface area contributed by atoms with Crippen molar-refractivity contribution >= 4 is 0 Å². The van der Waals surface area contributed by atoms with Crippen LogP contribution in [0.3, 0.4) is 0 Å². The highest BCUT2D eigenvalue weighted by molar-refractivity contribution is 5.54. The molecule has 17 heavy (non-hydrogen) atoms. The molecule has 0 aliphatic heterocycles. The van der Waals surface area contributed by atoms with Crippen molar-refractivity contribution in [3.8, 4) is 11.8 Å². The number of nitriles is 1. The van der Waals surface area contributed by atoms with Crippen molar-refractivity contribution in [3.63, 3.8) is 0 Å². The van der Waals surface area contributed by atoms with Crippen LogP contribution in [-0.4, -0.2) is 9.78 Å². The molecule has 0 bridgehead atoms. The van der Waals surface area contributed by atoms with Gasteiger partial charge in [-0.1, -0.05) is 12.1 Å². The summed E-state index contributed by atoms with van der Waals surface area (Å²) in [5.74, 6) is 0. The van der Waals surface area contributed by atoms with Crippen LogP contribution in [0, 0.1) is 39.0 Å². The van der Waals surface area contributed by atoms with Crippen LogP contribution in [0.2, 0.25) is 0 Å². The van der Waals surface area contributed by atoms with E-state index in [0.29, 0.717) is 5.56 Å². The Morgan fingerprint density at radius 2 is 1.88 bits per heavy atom. The Morgan fingerprint density at radius 1 is 1.18 bits per heavy atom. The summed E-state index contributed by atoms with van der Waals surface area (Å²) in [6, 6.07) is 7.96. The maximum Gasteiger partial charge on any atom is 0.101 e. The van der Waals surface area contributed by atoms with Gasteiger partial charge in [-0.2, -0.15) is 10.4 Å². The summed E-state index contributed by atoms with van der Waals surface area (Å²) in [6.45, 7) is 8.08. The second kappa shape index (κ2) is 4.06. The third kappa shape index (κ3) is 1.72. The van der Waals surface area contributed by atoms with Gasteiger partial charge in [-0.05, 0) is 44.9 Å². The standard InChI is InChI=1S/C14H15N3/c1-9-6-5-7-13(8-15)14(9)17-12(4)10(2)11(3)16-17/h5-7H,1-4H3. The lowest BCUT2D eigenvalue weighted by atomic mass is 10.1. The highest BCUT2D eigenvalue weighted by Crippen LogP contribution is 2.22. The molecule has 1 aromatic heterocycles. The van der Waals surface area contributed by atoms with Gasteiger partial charge in [0.2, 0.25) is 0 Å². The Hall–Kier alpha value is -2.08. The Kier molecular flexibility index (Phi) is 2.72. The van der Waals surface area contributed by atoms with Crippen LogP contribution in [-0.2, 0) is 0 Å². The van der Waals surface area contributed by atoms with E-state index >= 15 is 0 Å². The molecule has 2 rings (SSSR count). The Labute approximate surface area is 101 Å². The maximum absolute atomic E-state index is 9.18. The fourth-order valence-corrected chi connectivity index (χ4v) is 1.97. The first-order valence-electron chi connectivity index (χ1n) is 5.59. The van der Waals surface area contributed by atoms with Crippen LogP contribution in [0.25, 0.3) is 5.69 Å². The van der Waals surface area contributed by atoms with Crippen LogP contribution in [0.4, 0.5) is 0 Å². The molecule has 3 nitrogen and oxygen atoms in total. The molecule has 0 N–H and O–H groups in total. The van der Waals surface area contributed by atoms with Crippen molar-refractivity contribution in [3.05, 3.63) is 46.3 Å². The average molecular weight is 225 g/mol. The molecule has 0 unspecified atom stereocenters. The predicted octanol–water partition coefficient (Wildman–Crippen LogP) is 2.98. The zero-order chi connectivity index (χ0) is 12.6. The van der Waals surface area contributed by atoms with Crippen LogP contribution in [0.1, 0.15) is 28.1 Å². The Balaban J connectivity index is 2.77. The van der Waals surface area contributed by atoms with Crippen LogP contribution >= 0.6 is 0 Å². The minimum atomic E-state index is 0.663. The van der Waals surface area contributed by atoms with Crippen LogP contribution in [0.15, 0.2) is 18.2 Å². The van der Waals surface area contributed by atoms with Crippen molar-refractivity contribution in [2.24, 2.45) is 0 Å². The number of rotatable bonds is 1. The Bertz CT molecular complexity index is 615. The lowest BCUT2D eigenvalue weighted by Gasteiger charge is -2.10. The summed E-state index contributed by atoms with van der Waals surface area (Å²) in [5, 5.41) is 13.7. The van der Waals surface area contributed by atoms with Gasteiger partial charge in [0.1, 0.15) is 6.07 Å². The first-order valence-corrected chi connectivity index (χ1v) is 5.59. The quantitative estimate of drug-likeness (QED) is 0.748. The number of aryl methyl sites for hydroxylation is 2. The highest BCUT2D eigenvalue weighted by atomic mass is 15.3. The average Bonchev–Trinajstić information content (AvgIpc) is 2.56. The number of benzene rings is 1. The summed E-state index contributed by atoms with van der Waals surface area (Å²) in [5.41, 5.74) is 5.90. The smallest absolute Gasteiger partial charge is 0.101 e. The van der Waals surface area contributed by atoms with Crippen LogP contribution in [0.5, 0.6) is 0 Å². The molecular weight excluding hydrogens is 210 g/mol. The number of para-hydroxylation sites is 1. The molecule has 0 saturated heterocycles. The van der Waals surface area contributed by atoms with E-state index in [2.05, 4.69) is 18.1 Å². The van der Waals surface area contributed by atoms with E-state index in [1.165, 1.54) is 5.56 Å². The molecule has 0 fully saturated rings. The van der Waals surface area contributed by atoms with E-state index in [1.807, 2.05) is 43.7 Å². The van der Waals surface area contributed by atoms with Gasteiger partial charge >= 0.3 is 0 Å². The van der Waals surface area contributed by atoms with E-state index in [9.17, 15) is 5.26 Å². The first kappa shape index (κ1) is 11.4. The molecule has 2 aromatic rings. The van der Waals surface area contributed by atoms with Crippen LogP contribution < -0.4 is 0 Å². The van der Waals surface area contributed by atoms with E-state index in [-0.39, 0.29) is 0 Å². The molecule has 86 valence electrons. The van der Waals surface area contributed by atoms with Crippen molar-refractivity contribution in [2.45, 2.75) is 27.7 Å². The van der Waals surface area contributed by atoms with Crippen molar-refractivity contribution in [1.82, 2.24) is 9.78 Å². The zero-order valence-corrected chi connectivity index (χ0v) is 10.6. The van der Waals surface area contributed by atoms with Crippen molar-refractivity contribution in [1.29, 1.82) is 5.26 Å². The van der Waals surface area contributed by atoms with Crippen molar-refractivity contribution in [2.75, 3.05) is 0 Å². The maximum atomic E-state index is 9.18. The van der Waals surface area contributed by atoms with Gasteiger partial charge in [0.25, 0.3) is 0 Å². The third-order valence-electron chi connectivity index (χ3n) is 3.22. The predicted molar refractivity (Wildman–Crippen MR) is 67.2 cm³/mol. The second-order valence-electron chi connectivity index (χ2n) is 4.29. The molecule has 3 heteroatoms. The van der Waals surface area contributed by atoms with Gasteiger partial charge in [0, 0.05) is 5.69 Å². The monoisotopic (exact) mass is 225 g/mol. The topological polar surface area (TPSA) is 41.6 Å². The largest absolute Gasteiger partial charge is 0.236 e. The summed E-state index contributed by atoms with van der Waals surface area (Å²) >= 11 is 0. The first-order chi connectivity index (χ1) is 8.06. The van der Waals surface area contributed by atoms with E-state index in [1.54, 1.807) is 0 Å². The van der Waals surface area contributed by atoms with Gasteiger partial charge in [0.05, 0.1) is 16.9 Å². The fourth-order valence-electron chi connectivity index (χ4n) is 1.97. The molecule has 0 saturated carbocycles. The molecule has 0 aliphatic carbocycles. The molecule has 0 aliphatic rings. The number of hydrogen-bond donors (Lipinski definition) is 0. The molecular formula is C14H15N3. The summed E-state index contributed by atoms with van der Waals surface area (Å²) < 4.78 is 1.87. The van der Waals surface area contributed by atoms with Gasteiger partial charge in [-0.25, -0.2) is 4.68 Å². The van der Waals surface area contributed by atoms with Gasteiger partial charge in [-0.3, -0.25) is 0 Å². The third-order valence-corrected chi connectivity index (χ3v) is 3.22. The molecule has 0 atom stereocenters. The lowest BCUT2D eigenvalue weighted by Crippen LogP contribution is -2.04. The van der Waals surface area contributed by atoms with Gasteiger partial charge in [0.15, 0.2) is 0 Å². The number of hydrogen-bond acceptors (Lipinski definition) is 2. The van der Waals surface area contributed by atoms with Gasteiger partial charge in [-0.15, -0.1) is 0 Å². The lowest BCUT2D eigenvalue weighted by molar-refractivity contribution is 0.824. The fraction of sp³-hybridized carbons (Fsp3) is 0.286. The Morgan fingerprint density at radius 3 is 2.41 bits per heavy atom. The van der Waals surface area contributed by atoms with E-state index in [0.717, 1.165) is 22.6 Å². The number of nitrogens with zero attached hydrogens (tertiary/aromatic N) is 3. The van der Waals surface area contributed by atoms with Gasteiger partial charge < -0.3 is 0 Å². The zero-order valence-electron chi connectivity index (χ0n) is 10.6. The second-order valence-corrected chi connectivity index (χ2v) is 4.29. The molecule has 1 aromatic carbocycles. The number of aromatic nitrogens is 2. The SMILES string of the molecule is Cc1cccc(C#N)c1-n1nc(C)c(C)c1C. The molecule has 0 amide bonds. The van der Waals surface area contributed by atoms with Crippen molar-refractivity contribution < 1.29 is 0 Å². The highest BCUT2D eigenvalue weighted by Gasteiger charge is 2.13. The van der Waals surface area contributed by atoms with E-state index < -0.39 is 0 Å². The summed E-state index contributed by atoms with van der Waals surface area (Å²) in [4.78, 5) is 0.